The van der Waals surface area contributed by atoms with Crippen LogP contribution in [0.1, 0.15) is 22.3 Å². The van der Waals surface area contributed by atoms with Crippen molar-refractivity contribution in [3.05, 3.63) is 47.2 Å². The largest absolute Gasteiger partial charge is 0.512 e. The van der Waals surface area contributed by atoms with Gasteiger partial charge in [-0.2, -0.15) is 0 Å². The molecule has 0 bridgehead atoms. The van der Waals surface area contributed by atoms with E-state index in [2.05, 4.69) is 4.74 Å². The van der Waals surface area contributed by atoms with E-state index in [9.17, 15) is 4.79 Å². The summed E-state index contributed by atoms with van der Waals surface area (Å²) in [5.41, 5.74) is 1.73. The van der Waals surface area contributed by atoms with Gasteiger partial charge < -0.3 is 9.84 Å². The van der Waals surface area contributed by atoms with Crippen LogP contribution in [-0.4, -0.2) is 18.2 Å². The molecular formula is C12H14O3. The molecule has 3 heteroatoms. The smallest absolute Gasteiger partial charge is 0.337 e. The van der Waals surface area contributed by atoms with E-state index < -0.39 is 0 Å². The minimum Gasteiger partial charge on any atom is -0.512 e. The van der Waals surface area contributed by atoms with Crippen LogP contribution < -0.4 is 0 Å². The number of allylic oxidation sites excluding steroid dienone is 2. The van der Waals surface area contributed by atoms with Crippen molar-refractivity contribution in [1.82, 2.24) is 0 Å². The Morgan fingerprint density at radius 2 is 1.80 bits per heavy atom. The van der Waals surface area contributed by atoms with E-state index in [1.54, 1.807) is 18.2 Å². The molecule has 1 aromatic rings. The second-order valence-electron chi connectivity index (χ2n) is 3.26. The molecule has 0 saturated heterocycles. The zero-order chi connectivity index (χ0) is 11.3. The van der Waals surface area contributed by atoms with Gasteiger partial charge in [-0.3, -0.25) is 0 Å². The van der Waals surface area contributed by atoms with Crippen LogP contribution in [0, 0.1) is 6.92 Å². The Morgan fingerprint density at radius 3 is 2.13 bits per heavy atom. The van der Waals surface area contributed by atoms with E-state index in [0.717, 1.165) is 12.0 Å². The zero-order valence-corrected chi connectivity index (χ0v) is 8.86. The highest BCUT2D eigenvalue weighted by Gasteiger charge is 2.02. The molecule has 80 valence electrons. The van der Waals surface area contributed by atoms with Crippen LogP contribution in [-0.2, 0) is 4.74 Å². The minimum absolute atomic E-state index is 0.287. The first-order chi connectivity index (χ1) is 7.13. The Hall–Kier alpha value is -1.77. The Balaban J connectivity index is 0.000000234. The van der Waals surface area contributed by atoms with Crippen molar-refractivity contribution in [2.45, 2.75) is 13.3 Å². The summed E-state index contributed by atoms with van der Waals surface area (Å²) in [6.07, 6.45) is 2.60. The molecule has 0 radical (unpaired) electrons. The molecule has 0 spiro atoms. The van der Waals surface area contributed by atoms with Crippen molar-refractivity contribution in [3.63, 3.8) is 0 Å². The van der Waals surface area contributed by atoms with E-state index in [-0.39, 0.29) is 5.97 Å². The monoisotopic (exact) mass is 206 g/mol. The lowest BCUT2D eigenvalue weighted by atomic mass is 10.2. The molecule has 0 amide bonds. The van der Waals surface area contributed by atoms with Crippen LogP contribution in [0.25, 0.3) is 0 Å². The third-order valence-corrected chi connectivity index (χ3v) is 1.86. The van der Waals surface area contributed by atoms with Crippen molar-refractivity contribution in [3.8, 4) is 0 Å². The highest BCUT2D eigenvalue weighted by atomic mass is 16.5. The van der Waals surface area contributed by atoms with Gasteiger partial charge in [-0.1, -0.05) is 17.7 Å². The van der Waals surface area contributed by atoms with Crippen LogP contribution in [0.4, 0.5) is 0 Å². The number of methoxy groups -OCH3 is 1. The van der Waals surface area contributed by atoms with Gasteiger partial charge in [-0.25, -0.2) is 4.79 Å². The van der Waals surface area contributed by atoms with Crippen molar-refractivity contribution in [2.75, 3.05) is 7.11 Å². The molecule has 2 rings (SSSR count). The topological polar surface area (TPSA) is 46.5 Å². The third kappa shape index (κ3) is 4.31. The molecule has 3 nitrogen and oxygen atoms in total. The number of hydrogen-bond donors (Lipinski definition) is 1. The fraction of sp³-hybridized carbons (Fsp3) is 0.250. The van der Waals surface area contributed by atoms with Crippen molar-refractivity contribution >= 4 is 5.97 Å². The van der Waals surface area contributed by atoms with Crippen LogP contribution in [0.15, 0.2) is 36.1 Å². The van der Waals surface area contributed by atoms with Gasteiger partial charge in [0.05, 0.1) is 18.4 Å². The summed E-state index contributed by atoms with van der Waals surface area (Å²) in [5, 5.41) is 8.03. The second-order valence-corrected chi connectivity index (χ2v) is 3.26. The predicted molar refractivity (Wildman–Crippen MR) is 57.8 cm³/mol. The van der Waals surface area contributed by atoms with Gasteiger partial charge in [0.15, 0.2) is 0 Å². The molecule has 0 aliphatic heterocycles. The lowest BCUT2D eigenvalue weighted by Crippen LogP contribution is -2.00. The van der Waals surface area contributed by atoms with Crippen molar-refractivity contribution in [1.29, 1.82) is 0 Å². The molecule has 1 aliphatic rings. The number of esters is 1. The number of aliphatic hydroxyl groups excluding tert-OH is 1. The number of benzene rings is 1. The fourth-order valence-corrected chi connectivity index (χ4v) is 0.853. The van der Waals surface area contributed by atoms with E-state index in [0.29, 0.717) is 11.3 Å². The van der Waals surface area contributed by atoms with Gasteiger partial charge in [0, 0.05) is 6.42 Å². The summed E-state index contributed by atoms with van der Waals surface area (Å²) in [6, 6.07) is 7.26. The number of aliphatic hydroxyl groups is 1. The second kappa shape index (κ2) is 5.20. The summed E-state index contributed by atoms with van der Waals surface area (Å²) in [7, 11) is 1.38. The van der Waals surface area contributed by atoms with Gasteiger partial charge in [-0.05, 0) is 25.1 Å². The lowest BCUT2D eigenvalue weighted by molar-refractivity contribution is 0.0600. The van der Waals surface area contributed by atoms with E-state index in [1.807, 2.05) is 19.1 Å². The Morgan fingerprint density at radius 1 is 1.33 bits per heavy atom. The summed E-state index contributed by atoms with van der Waals surface area (Å²) in [5.74, 6) is 0.255. The highest BCUT2D eigenvalue weighted by Crippen LogP contribution is 2.11. The van der Waals surface area contributed by atoms with Gasteiger partial charge in [-0.15, -0.1) is 0 Å². The number of carbonyl (C=O) groups is 1. The molecule has 0 unspecified atom stereocenters. The standard InChI is InChI=1S/C9H10O2.C3H4O/c1-7-3-5-8(6-4-7)9(10)11-2;4-3-1-2-3/h3-6H,1-2H3;1,4H,2H2. The number of aryl methyl sites for hydroxylation is 1. The first kappa shape index (κ1) is 11.3. The maximum absolute atomic E-state index is 10.9. The van der Waals surface area contributed by atoms with E-state index >= 15 is 0 Å². The predicted octanol–water partition coefficient (Wildman–Crippen LogP) is 2.61. The van der Waals surface area contributed by atoms with Gasteiger partial charge in [0.2, 0.25) is 0 Å². The molecule has 0 aromatic heterocycles. The summed E-state index contributed by atoms with van der Waals surface area (Å²) in [4.78, 5) is 10.9. The fourth-order valence-electron chi connectivity index (χ4n) is 0.853. The van der Waals surface area contributed by atoms with E-state index in [4.69, 9.17) is 5.11 Å². The van der Waals surface area contributed by atoms with Crippen molar-refractivity contribution < 1.29 is 14.6 Å². The number of ether oxygens (including phenoxy) is 1. The zero-order valence-electron chi connectivity index (χ0n) is 8.86. The minimum atomic E-state index is -0.287. The summed E-state index contributed by atoms with van der Waals surface area (Å²) >= 11 is 0. The highest BCUT2D eigenvalue weighted by molar-refractivity contribution is 5.89. The quantitative estimate of drug-likeness (QED) is 0.718. The van der Waals surface area contributed by atoms with Gasteiger partial charge >= 0.3 is 5.97 Å². The first-order valence-corrected chi connectivity index (χ1v) is 4.66. The molecule has 0 saturated carbocycles. The molecule has 15 heavy (non-hydrogen) atoms. The van der Waals surface area contributed by atoms with Gasteiger partial charge in [0.1, 0.15) is 0 Å². The average molecular weight is 206 g/mol. The van der Waals surface area contributed by atoms with Crippen LogP contribution in [0.2, 0.25) is 0 Å². The maximum atomic E-state index is 10.9. The van der Waals surface area contributed by atoms with Crippen molar-refractivity contribution in [2.24, 2.45) is 0 Å². The van der Waals surface area contributed by atoms with Crippen LogP contribution >= 0.6 is 0 Å². The normalized spacial score (nSPS) is 12.0. The number of carbonyl (C=O) groups excluding carboxylic acids is 1. The number of rotatable bonds is 1. The van der Waals surface area contributed by atoms with Crippen LogP contribution in [0.5, 0.6) is 0 Å². The molecule has 1 aromatic carbocycles. The first-order valence-electron chi connectivity index (χ1n) is 4.66. The lowest BCUT2D eigenvalue weighted by Gasteiger charge is -1.97. The maximum Gasteiger partial charge on any atom is 0.337 e. The molecular weight excluding hydrogens is 192 g/mol. The SMILES string of the molecule is COC(=O)c1ccc(C)cc1.OC1=CC1. The Labute approximate surface area is 89.0 Å². The molecule has 1 N–H and O–H groups in total. The molecule has 0 heterocycles. The summed E-state index contributed by atoms with van der Waals surface area (Å²) < 4.78 is 4.54. The Kier molecular flexibility index (Phi) is 3.92. The average Bonchev–Trinajstić information content (AvgIpc) is 3.02. The van der Waals surface area contributed by atoms with Crippen LogP contribution in [0.3, 0.4) is 0 Å². The Bertz CT molecular complexity index is 363. The number of hydrogen-bond acceptors (Lipinski definition) is 3. The molecule has 0 fully saturated rings. The summed E-state index contributed by atoms with van der Waals surface area (Å²) in [6.45, 7) is 1.97. The van der Waals surface area contributed by atoms with Gasteiger partial charge in [0.25, 0.3) is 0 Å². The van der Waals surface area contributed by atoms with E-state index in [1.165, 1.54) is 7.11 Å². The molecule has 1 aliphatic carbocycles. The molecule has 0 atom stereocenters. The third-order valence-electron chi connectivity index (χ3n) is 1.86.